The van der Waals surface area contributed by atoms with Gasteiger partial charge in [0.1, 0.15) is 5.82 Å². The molecule has 1 fully saturated rings. The third-order valence-corrected chi connectivity index (χ3v) is 5.03. The van der Waals surface area contributed by atoms with Crippen molar-refractivity contribution >= 4 is 29.1 Å². The van der Waals surface area contributed by atoms with Gasteiger partial charge in [-0.1, -0.05) is 36.8 Å². The summed E-state index contributed by atoms with van der Waals surface area (Å²) in [5.74, 6) is -2.81. The highest BCUT2D eigenvalue weighted by Crippen LogP contribution is 2.43. The van der Waals surface area contributed by atoms with E-state index in [0.29, 0.717) is 12.2 Å². The number of benzene rings is 2. The van der Waals surface area contributed by atoms with Crippen molar-refractivity contribution in [2.45, 2.75) is 31.6 Å². The van der Waals surface area contributed by atoms with Crippen LogP contribution < -0.4 is 16.0 Å². The molecular formula is C21H22FN3O3. The summed E-state index contributed by atoms with van der Waals surface area (Å²) in [5.41, 5.74) is 1.12. The number of hydrogen-bond donors (Lipinski definition) is 3. The number of carbonyl (C=O) groups is 3. The predicted octanol–water partition coefficient (Wildman–Crippen LogP) is 2.96. The summed E-state index contributed by atoms with van der Waals surface area (Å²) >= 11 is 0. The number of hydrogen-bond acceptors (Lipinski definition) is 3. The molecule has 0 radical (unpaired) electrons. The number of rotatable bonds is 5. The van der Waals surface area contributed by atoms with Gasteiger partial charge in [0, 0.05) is 24.6 Å². The zero-order valence-corrected chi connectivity index (χ0v) is 15.5. The third kappa shape index (κ3) is 4.36. The fraction of sp³-hybridized carbons (Fsp3) is 0.286. The maximum absolute atomic E-state index is 13.9. The van der Waals surface area contributed by atoms with Crippen LogP contribution in [0.1, 0.15) is 31.7 Å². The van der Waals surface area contributed by atoms with Crippen LogP contribution >= 0.6 is 0 Å². The normalized spacial score (nSPS) is 14.5. The molecule has 0 aliphatic heterocycles. The highest BCUT2D eigenvalue weighted by atomic mass is 19.1. The molecule has 3 amide bonds. The second-order valence-corrected chi connectivity index (χ2v) is 7.01. The van der Waals surface area contributed by atoms with Crippen LogP contribution in [0.3, 0.4) is 0 Å². The van der Waals surface area contributed by atoms with Crippen molar-refractivity contribution in [3.63, 3.8) is 0 Å². The molecule has 28 heavy (non-hydrogen) atoms. The molecule has 0 heterocycles. The number of nitrogens with one attached hydrogen (secondary N) is 3. The van der Waals surface area contributed by atoms with E-state index in [2.05, 4.69) is 16.0 Å². The maximum Gasteiger partial charge on any atom is 0.313 e. The van der Waals surface area contributed by atoms with Crippen molar-refractivity contribution in [3.05, 3.63) is 59.9 Å². The van der Waals surface area contributed by atoms with Crippen molar-refractivity contribution in [2.24, 2.45) is 0 Å². The van der Waals surface area contributed by atoms with Crippen LogP contribution in [-0.4, -0.2) is 24.3 Å². The summed E-state index contributed by atoms with van der Waals surface area (Å²) in [6, 6.07) is 13.6. The smallest absolute Gasteiger partial charge is 0.313 e. The fourth-order valence-electron chi connectivity index (χ4n) is 3.37. The van der Waals surface area contributed by atoms with Gasteiger partial charge in [0.05, 0.1) is 5.69 Å². The number of anilines is 2. The van der Waals surface area contributed by atoms with Crippen LogP contribution in [0.25, 0.3) is 0 Å². The number of amides is 3. The molecule has 7 heteroatoms. The van der Waals surface area contributed by atoms with E-state index in [-0.39, 0.29) is 17.0 Å². The highest BCUT2D eigenvalue weighted by molar-refractivity contribution is 6.39. The Balaban J connectivity index is 1.62. The SMILES string of the molecule is CC(=O)Nc1ccc(F)c(NC(=O)C(=O)NCC2(c3ccccc3)CCC2)c1. The van der Waals surface area contributed by atoms with Crippen molar-refractivity contribution in [1.29, 1.82) is 0 Å². The predicted molar refractivity (Wildman–Crippen MR) is 104 cm³/mol. The molecule has 0 saturated heterocycles. The summed E-state index contributed by atoms with van der Waals surface area (Å²) in [7, 11) is 0. The average molecular weight is 383 g/mol. The first-order valence-corrected chi connectivity index (χ1v) is 9.11. The van der Waals surface area contributed by atoms with Crippen LogP contribution in [0, 0.1) is 5.82 Å². The summed E-state index contributed by atoms with van der Waals surface area (Å²) in [6.45, 7) is 1.66. The minimum Gasteiger partial charge on any atom is -0.347 e. The molecule has 3 rings (SSSR count). The highest BCUT2D eigenvalue weighted by Gasteiger charge is 2.39. The molecule has 1 aliphatic rings. The minimum atomic E-state index is -0.957. The van der Waals surface area contributed by atoms with Gasteiger partial charge < -0.3 is 16.0 Å². The Hall–Kier alpha value is -3.22. The lowest BCUT2D eigenvalue weighted by Crippen LogP contribution is -2.48. The molecule has 2 aromatic rings. The van der Waals surface area contributed by atoms with Gasteiger partial charge in [-0.3, -0.25) is 14.4 Å². The molecule has 0 aromatic heterocycles. The van der Waals surface area contributed by atoms with E-state index in [1.54, 1.807) is 0 Å². The lowest BCUT2D eigenvalue weighted by molar-refractivity contribution is -0.136. The third-order valence-electron chi connectivity index (χ3n) is 5.03. The van der Waals surface area contributed by atoms with Gasteiger partial charge in [-0.25, -0.2) is 4.39 Å². The van der Waals surface area contributed by atoms with E-state index in [4.69, 9.17) is 0 Å². The van der Waals surface area contributed by atoms with Crippen molar-refractivity contribution in [1.82, 2.24) is 5.32 Å². The summed E-state index contributed by atoms with van der Waals surface area (Å²) in [5, 5.41) is 7.42. The van der Waals surface area contributed by atoms with Crippen molar-refractivity contribution < 1.29 is 18.8 Å². The lowest BCUT2D eigenvalue weighted by Gasteiger charge is -2.42. The van der Waals surface area contributed by atoms with Gasteiger partial charge in [-0.05, 0) is 36.6 Å². The van der Waals surface area contributed by atoms with Crippen molar-refractivity contribution in [3.8, 4) is 0 Å². The van der Waals surface area contributed by atoms with Crippen LogP contribution in [0.2, 0.25) is 0 Å². The molecule has 0 spiro atoms. The van der Waals surface area contributed by atoms with Crippen LogP contribution in [0.15, 0.2) is 48.5 Å². The Bertz CT molecular complexity index is 895. The maximum atomic E-state index is 13.9. The number of carbonyl (C=O) groups excluding carboxylic acids is 3. The van der Waals surface area contributed by atoms with Crippen LogP contribution in [0.5, 0.6) is 0 Å². The standard InChI is InChI=1S/C21H22FN3O3/c1-14(26)24-16-8-9-17(22)18(12-16)25-20(28)19(27)23-13-21(10-5-11-21)15-6-3-2-4-7-15/h2-4,6-9,12H,5,10-11,13H2,1H3,(H,23,27)(H,24,26)(H,25,28). The van der Waals surface area contributed by atoms with E-state index >= 15 is 0 Å². The molecule has 0 unspecified atom stereocenters. The molecular weight excluding hydrogens is 361 g/mol. The molecule has 0 atom stereocenters. The first kappa shape index (κ1) is 19.5. The monoisotopic (exact) mass is 383 g/mol. The largest absolute Gasteiger partial charge is 0.347 e. The Morgan fingerprint density at radius 1 is 1.00 bits per heavy atom. The van der Waals surface area contributed by atoms with Crippen molar-refractivity contribution in [2.75, 3.05) is 17.2 Å². The Morgan fingerprint density at radius 2 is 1.71 bits per heavy atom. The van der Waals surface area contributed by atoms with E-state index in [0.717, 1.165) is 30.9 Å². The zero-order valence-electron chi connectivity index (χ0n) is 15.5. The average Bonchev–Trinajstić information content (AvgIpc) is 2.64. The molecule has 2 aromatic carbocycles. The molecule has 1 aliphatic carbocycles. The Kier molecular flexibility index (Phi) is 5.73. The number of halogens is 1. The molecule has 0 bridgehead atoms. The minimum absolute atomic E-state index is 0.159. The first-order chi connectivity index (χ1) is 13.4. The Labute approximate surface area is 162 Å². The van der Waals surface area contributed by atoms with Gasteiger partial charge >= 0.3 is 11.8 Å². The van der Waals surface area contributed by atoms with Gasteiger partial charge in [-0.2, -0.15) is 0 Å². The lowest BCUT2D eigenvalue weighted by atomic mass is 9.64. The fourth-order valence-corrected chi connectivity index (χ4v) is 3.37. The second-order valence-electron chi connectivity index (χ2n) is 7.01. The molecule has 146 valence electrons. The molecule has 1 saturated carbocycles. The summed E-state index contributed by atoms with van der Waals surface area (Å²) in [6.07, 6.45) is 2.94. The molecule has 6 nitrogen and oxygen atoms in total. The Morgan fingerprint density at radius 3 is 2.32 bits per heavy atom. The zero-order chi connectivity index (χ0) is 20.1. The molecule has 3 N–H and O–H groups in total. The first-order valence-electron chi connectivity index (χ1n) is 9.11. The second kappa shape index (κ2) is 8.21. The van der Waals surface area contributed by atoms with E-state index in [9.17, 15) is 18.8 Å². The van der Waals surface area contributed by atoms with E-state index in [1.165, 1.54) is 19.1 Å². The topological polar surface area (TPSA) is 87.3 Å². The van der Waals surface area contributed by atoms with E-state index < -0.39 is 17.6 Å². The van der Waals surface area contributed by atoms with Gasteiger partial charge in [0.2, 0.25) is 5.91 Å². The quantitative estimate of drug-likeness (QED) is 0.694. The van der Waals surface area contributed by atoms with Crippen LogP contribution in [-0.2, 0) is 19.8 Å². The summed E-state index contributed by atoms with van der Waals surface area (Å²) in [4.78, 5) is 35.5. The van der Waals surface area contributed by atoms with E-state index in [1.807, 2.05) is 30.3 Å². The van der Waals surface area contributed by atoms with Gasteiger partial charge in [0.15, 0.2) is 0 Å². The van der Waals surface area contributed by atoms with Crippen LogP contribution in [0.4, 0.5) is 15.8 Å². The summed E-state index contributed by atoms with van der Waals surface area (Å²) < 4.78 is 13.9. The van der Waals surface area contributed by atoms with Gasteiger partial charge in [-0.15, -0.1) is 0 Å². The van der Waals surface area contributed by atoms with Gasteiger partial charge in [0.25, 0.3) is 0 Å².